The van der Waals surface area contributed by atoms with Crippen molar-refractivity contribution in [2.75, 3.05) is 19.4 Å². The van der Waals surface area contributed by atoms with Gasteiger partial charge in [0, 0.05) is 0 Å². The van der Waals surface area contributed by atoms with E-state index in [4.69, 9.17) is 9.05 Å². The molecule has 0 spiro atoms. The van der Waals surface area contributed by atoms with Crippen molar-refractivity contribution in [1.82, 2.24) is 0 Å². The van der Waals surface area contributed by atoms with E-state index in [1.807, 2.05) is 11.3 Å². The van der Waals surface area contributed by atoms with Crippen molar-refractivity contribution in [2.24, 2.45) is 0 Å². The Kier molecular flexibility index (Phi) is 12.2. The molecule has 0 fully saturated rings. The molecule has 23 heavy (non-hydrogen) atoms. The third kappa shape index (κ3) is 9.64. The van der Waals surface area contributed by atoms with E-state index < -0.39 is 7.60 Å². The molecule has 0 aliphatic rings. The quantitative estimate of drug-likeness (QED) is 0.199. The molecule has 6 heteroatoms. The van der Waals surface area contributed by atoms with Crippen molar-refractivity contribution < 1.29 is 13.6 Å². The van der Waals surface area contributed by atoms with Gasteiger partial charge in [-0.2, -0.15) is 0 Å². The topological polar surface area (TPSA) is 35.5 Å². The molecule has 3 nitrogen and oxygen atoms in total. The van der Waals surface area contributed by atoms with Crippen LogP contribution in [0.25, 0.3) is 0 Å². The molecule has 0 saturated carbocycles. The molecule has 0 amide bonds. The number of unbranched alkanes of at least 4 members (excludes halogenated alkanes) is 2. The summed E-state index contributed by atoms with van der Waals surface area (Å²) in [5.41, 5.74) is 1.29. The summed E-state index contributed by atoms with van der Waals surface area (Å²) in [6, 6.07) is 2.30. The van der Waals surface area contributed by atoms with Gasteiger partial charge in [0.25, 0.3) is 0 Å². The van der Waals surface area contributed by atoms with Crippen LogP contribution in [0.4, 0.5) is 0 Å². The second kappa shape index (κ2) is 12.9. The average Bonchev–Trinajstić information content (AvgIpc) is 3.00. The van der Waals surface area contributed by atoms with E-state index in [1.54, 1.807) is 0 Å². The van der Waals surface area contributed by atoms with Crippen LogP contribution >= 0.6 is 18.9 Å². The normalized spacial score (nSPS) is 12.0. The summed E-state index contributed by atoms with van der Waals surface area (Å²) in [5, 5.41) is 2.22. The molecule has 0 saturated heterocycles. The van der Waals surface area contributed by atoms with Gasteiger partial charge in [0.05, 0.1) is 0 Å². The van der Waals surface area contributed by atoms with Gasteiger partial charge in [-0.15, -0.1) is 0 Å². The average molecular weight is 465 g/mol. The van der Waals surface area contributed by atoms with Crippen molar-refractivity contribution in [1.29, 1.82) is 0 Å². The molecule has 0 unspecified atom stereocenters. The minimum atomic E-state index is -2.94. The van der Waals surface area contributed by atoms with Crippen molar-refractivity contribution in [3.05, 3.63) is 21.9 Å². The SMILES string of the molecule is CCCCOP(=O)(CCc1csc([CH2][Sn][CH2]C)c1)OCCCC. The van der Waals surface area contributed by atoms with Gasteiger partial charge in [-0.05, 0) is 0 Å². The Labute approximate surface area is 156 Å². The second-order valence-corrected chi connectivity index (χ2v) is 13.3. The maximum absolute atomic E-state index is 12.9. The van der Waals surface area contributed by atoms with E-state index in [2.05, 4.69) is 32.2 Å². The standard InChI is InChI=1S/C15H26O3PS.C2H5.Sn/c1-4-6-9-17-19(16,18-10-7-5-2)11-8-15-12-14(3)20-13-15;1-2;/h12-13H,3-11H2,1-2H3;1H2,2H3;. The zero-order chi connectivity index (χ0) is 17.0. The first-order valence-corrected chi connectivity index (χ1v) is 15.4. The van der Waals surface area contributed by atoms with Gasteiger partial charge < -0.3 is 0 Å². The van der Waals surface area contributed by atoms with Crippen LogP contribution in [-0.4, -0.2) is 40.5 Å². The number of aryl methyl sites for hydroxylation is 1. The molecule has 0 aliphatic heterocycles. The molecule has 1 aromatic heterocycles. The summed E-state index contributed by atoms with van der Waals surface area (Å²) in [6.45, 7) is 7.59. The summed E-state index contributed by atoms with van der Waals surface area (Å²) < 4.78 is 26.9. The van der Waals surface area contributed by atoms with Crippen molar-refractivity contribution in [3.8, 4) is 0 Å². The summed E-state index contributed by atoms with van der Waals surface area (Å²) >= 11 is 1.67. The predicted molar refractivity (Wildman–Crippen MR) is 102 cm³/mol. The van der Waals surface area contributed by atoms with Crippen LogP contribution in [0.1, 0.15) is 56.9 Å². The van der Waals surface area contributed by atoms with Gasteiger partial charge in [-0.3, -0.25) is 0 Å². The molecule has 1 rings (SSSR count). The molecule has 132 valence electrons. The molecular weight excluding hydrogens is 434 g/mol. The molecule has 0 bridgehead atoms. The molecule has 1 aromatic rings. The summed E-state index contributed by atoms with van der Waals surface area (Å²) in [4.78, 5) is 1.50. The molecule has 1 heterocycles. The fourth-order valence-corrected chi connectivity index (χ4v) is 7.60. The molecule has 0 aromatic carbocycles. The Balaban J connectivity index is 2.50. The van der Waals surface area contributed by atoms with E-state index >= 15 is 0 Å². The molecule has 2 radical (unpaired) electrons. The maximum atomic E-state index is 12.9. The fourth-order valence-electron chi connectivity index (χ4n) is 2.03. The zero-order valence-electron chi connectivity index (χ0n) is 14.8. The van der Waals surface area contributed by atoms with Gasteiger partial charge in [0.15, 0.2) is 0 Å². The first-order valence-electron chi connectivity index (χ1n) is 8.78. The third-order valence-electron chi connectivity index (χ3n) is 3.50. The van der Waals surface area contributed by atoms with E-state index in [0.29, 0.717) is 19.4 Å². The first-order chi connectivity index (χ1) is 11.1. The third-order valence-corrected chi connectivity index (χ3v) is 10.4. The van der Waals surface area contributed by atoms with Crippen LogP contribution in [0, 0.1) is 0 Å². The van der Waals surface area contributed by atoms with Crippen LogP contribution in [-0.2, 0) is 24.5 Å². The Morgan fingerprint density at radius 2 is 1.78 bits per heavy atom. The minimum absolute atomic E-state index is 0.187. The van der Waals surface area contributed by atoms with Crippen LogP contribution in [0.2, 0.25) is 4.44 Å². The van der Waals surface area contributed by atoms with Crippen LogP contribution in [0.15, 0.2) is 11.4 Å². The molecule has 0 aliphatic carbocycles. The Morgan fingerprint density at radius 1 is 1.13 bits per heavy atom. The fraction of sp³-hybridized carbons (Fsp3) is 0.765. The monoisotopic (exact) mass is 466 g/mol. The summed E-state index contributed by atoms with van der Waals surface area (Å²) in [6.07, 6.45) is 5.27. The van der Waals surface area contributed by atoms with E-state index in [0.717, 1.165) is 32.1 Å². The number of thiophene rings is 1. The predicted octanol–water partition coefficient (Wildman–Crippen LogP) is 5.76. The van der Waals surface area contributed by atoms with Gasteiger partial charge in [0.1, 0.15) is 0 Å². The van der Waals surface area contributed by atoms with Gasteiger partial charge >= 0.3 is 157 Å². The zero-order valence-corrected chi connectivity index (χ0v) is 19.4. The first kappa shape index (κ1) is 21.7. The summed E-state index contributed by atoms with van der Waals surface area (Å²) in [7, 11) is -2.94. The Hall–Kier alpha value is 0.649. The molecule has 0 N–H and O–H groups in total. The van der Waals surface area contributed by atoms with E-state index in [-0.39, 0.29) is 21.1 Å². The van der Waals surface area contributed by atoms with Crippen molar-refractivity contribution in [3.63, 3.8) is 0 Å². The number of hydrogen-bond donors (Lipinski definition) is 0. The van der Waals surface area contributed by atoms with Gasteiger partial charge in [-0.1, -0.05) is 0 Å². The Bertz CT molecular complexity index is 450. The van der Waals surface area contributed by atoms with Gasteiger partial charge in [-0.25, -0.2) is 0 Å². The second-order valence-electron chi connectivity index (χ2n) is 5.66. The van der Waals surface area contributed by atoms with Crippen LogP contribution in [0.3, 0.4) is 0 Å². The number of rotatable bonds is 14. The summed E-state index contributed by atoms with van der Waals surface area (Å²) in [5.74, 6) is 0. The van der Waals surface area contributed by atoms with Crippen molar-refractivity contribution >= 4 is 40.1 Å². The molecular formula is C17H31O3PSSn. The van der Waals surface area contributed by atoms with Crippen LogP contribution < -0.4 is 0 Å². The number of hydrogen-bond acceptors (Lipinski definition) is 4. The molecule has 0 atom stereocenters. The van der Waals surface area contributed by atoms with Crippen molar-refractivity contribution in [2.45, 2.75) is 61.7 Å². The Morgan fingerprint density at radius 3 is 2.35 bits per heavy atom. The van der Waals surface area contributed by atoms with E-state index in [1.165, 1.54) is 19.3 Å². The van der Waals surface area contributed by atoms with E-state index in [9.17, 15) is 4.57 Å². The van der Waals surface area contributed by atoms with Crippen LogP contribution in [0.5, 0.6) is 0 Å². The van der Waals surface area contributed by atoms with Gasteiger partial charge in [0.2, 0.25) is 0 Å².